The lowest BCUT2D eigenvalue weighted by Crippen LogP contribution is -2.27. The van der Waals surface area contributed by atoms with Gasteiger partial charge in [-0.2, -0.15) is 0 Å². The Bertz CT molecular complexity index is 405. The van der Waals surface area contributed by atoms with E-state index in [0.29, 0.717) is 5.92 Å². The molecule has 1 aromatic rings. The molecule has 0 saturated carbocycles. The lowest BCUT2D eigenvalue weighted by molar-refractivity contribution is 0.0488. The van der Waals surface area contributed by atoms with E-state index in [0.717, 1.165) is 69.3 Å². The van der Waals surface area contributed by atoms with Crippen molar-refractivity contribution >= 4 is 0 Å². The molecule has 0 aliphatic carbocycles. The maximum absolute atomic E-state index is 5.90. The molecule has 0 atom stereocenters. The molecule has 98 valence electrons. The monoisotopic (exact) mass is 249 g/mol. The fourth-order valence-electron chi connectivity index (χ4n) is 2.48. The van der Waals surface area contributed by atoms with Crippen LogP contribution in [0.5, 0.6) is 5.88 Å². The van der Waals surface area contributed by atoms with E-state index in [-0.39, 0.29) is 0 Å². The zero-order valence-electron chi connectivity index (χ0n) is 10.5. The Morgan fingerprint density at radius 3 is 3.11 bits per heavy atom. The summed E-state index contributed by atoms with van der Waals surface area (Å²) in [5, 5.41) is 3.34. The molecule has 0 unspecified atom stereocenters. The van der Waals surface area contributed by atoms with Crippen LogP contribution in [0.2, 0.25) is 0 Å². The second-order valence-corrected chi connectivity index (χ2v) is 4.90. The van der Waals surface area contributed by atoms with Gasteiger partial charge in [0.05, 0.1) is 12.3 Å². The first-order chi connectivity index (χ1) is 8.93. The van der Waals surface area contributed by atoms with Crippen LogP contribution in [0.15, 0.2) is 6.33 Å². The average molecular weight is 249 g/mol. The minimum atomic E-state index is 0.598. The molecule has 1 aromatic heterocycles. The number of rotatable bonds is 3. The predicted molar refractivity (Wildman–Crippen MR) is 66.5 cm³/mol. The Labute approximate surface area is 107 Å². The van der Waals surface area contributed by atoms with Crippen molar-refractivity contribution < 1.29 is 9.47 Å². The molecule has 0 amide bonds. The molecule has 3 rings (SSSR count). The summed E-state index contributed by atoms with van der Waals surface area (Å²) in [6.45, 7) is 4.27. The molecule has 1 saturated heterocycles. The van der Waals surface area contributed by atoms with Crippen LogP contribution < -0.4 is 10.1 Å². The van der Waals surface area contributed by atoms with Crippen molar-refractivity contribution in [3.05, 3.63) is 17.6 Å². The molecule has 0 radical (unpaired) electrons. The van der Waals surface area contributed by atoms with Crippen LogP contribution in [0.1, 0.15) is 24.1 Å². The first kappa shape index (κ1) is 11.9. The van der Waals surface area contributed by atoms with Gasteiger partial charge in [0.2, 0.25) is 5.88 Å². The zero-order valence-corrected chi connectivity index (χ0v) is 10.5. The second-order valence-electron chi connectivity index (χ2n) is 4.90. The second kappa shape index (κ2) is 5.63. The summed E-state index contributed by atoms with van der Waals surface area (Å²) in [6.07, 6.45) is 4.76. The fourth-order valence-corrected chi connectivity index (χ4v) is 2.48. The molecule has 2 aliphatic heterocycles. The van der Waals surface area contributed by atoms with Gasteiger partial charge in [-0.1, -0.05) is 0 Å². The van der Waals surface area contributed by atoms with E-state index in [1.807, 2.05) is 0 Å². The van der Waals surface area contributed by atoms with Crippen molar-refractivity contribution in [3.63, 3.8) is 0 Å². The van der Waals surface area contributed by atoms with Gasteiger partial charge < -0.3 is 14.8 Å². The normalized spacial score (nSPS) is 20.4. The Morgan fingerprint density at radius 2 is 2.22 bits per heavy atom. The van der Waals surface area contributed by atoms with Gasteiger partial charge >= 0.3 is 0 Å². The highest BCUT2D eigenvalue weighted by molar-refractivity contribution is 5.31. The molecular formula is C13H19N3O2. The molecule has 5 heteroatoms. The Balaban J connectivity index is 1.65. The minimum absolute atomic E-state index is 0.598. The van der Waals surface area contributed by atoms with Gasteiger partial charge in [0, 0.05) is 38.3 Å². The van der Waals surface area contributed by atoms with Crippen LogP contribution in [0.3, 0.4) is 0 Å². The van der Waals surface area contributed by atoms with Gasteiger partial charge in [0.15, 0.2) is 0 Å². The number of ether oxygens (including phenoxy) is 2. The number of nitrogens with zero attached hydrogens (tertiary/aromatic N) is 2. The average Bonchev–Trinajstić information content (AvgIpc) is 2.46. The summed E-state index contributed by atoms with van der Waals surface area (Å²) in [6, 6.07) is 0. The van der Waals surface area contributed by atoms with Gasteiger partial charge in [0.1, 0.15) is 6.33 Å². The van der Waals surface area contributed by atoms with Crippen molar-refractivity contribution in [1.29, 1.82) is 0 Å². The van der Waals surface area contributed by atoms with E-state index in [2.05, 4.69) is 15.3 Å². The maximum Gasteiger partial charge on any atom is 0.221 e. The summed E-state index contributed by atoms with van der Waals surface area (Å²) in [5.74, 6) is 1.36. The topological polar surface area (TPSA) is 56.3 Å². The van der Waals surface area contributed by atoms with E-state index in [4.69, 9.17) is 9.47 Å². The zero-order chi connectivity index (χ0) is 12.2. The number of hydrogen-bond acceptors (Lipinski definition) is 5. The van der Waals surface area contributed by atoms with Crippen LogP contribution in [0.25, 0.3) is 0 Å². The number of aromatic nitrogens is 2. The summed E-state index contributed by atoms with van der Waals surface area (Å²) in [4.78, 5) is 8.60. The lowest BCUT2D eigenvalue weighted by atomic mass is 10.0. The maximum atomic E-state index is 5.90. The third kappa shape index (κ3) is 2.62. The van der Waals surface area contributed by atoms with Gasteiger partial charge in [-0.05, 0) is 18.8 Å². The third-order valence-electron chi connectivity index (χ3n) is 3.63. The van der Waals surface area contributed by atoms with Crippen LogP contribution in [0.4, 0.5) is 0 Å². The summed E-state index contributed by atoms with van der Waals surface area (Å²) >= 11 is 0. The molecule has 3 heterocycles. The van der Waals surface area contributed by atoms with E-state index in [9.17, 15) is 0 Å². The van der Waals surface area contributed by atoms with Gasteiger partial charge in [0.25, 0.3) is 0 Å². The summed E-state index contributed by atoms with van der Waals surface area (Å²) < 4.78 is 11.2. The van der Waals surface area contributed by atoms with Crippen molar-refractivity contribution in [2.24, 2.45) is 5.92 Å². The Hall–Kier alpha value is -1.20. The van der Waals surface area contributed by atoms with Crippen molar-refractivity contribution in [2.75, 3.05) is 26.4 Å². The first-order valence-electron chi connectivity index (χ1n) is 6.67. The first-order valence-corrected chi connectivity index (χ1v) is 6.67. The van der Waals surface area contributed by atoms with E-state index in [1.165, 1.54) is 0 Å². The highest BCUT2D eigenvalue weighted by Crippen LogP contribution is 2.22. The SMILES string of the molecule is c1nc2c(c(OCC3CCOCC3)n1)CNCC2. The smallest absolute Gasteiger partial charge is 0.221 e. The number of hydrogen-bond donors (Lipinski definition) is 1. The summed E-state index contributed by atoms with van der Waals surface area (Å²) in [5.41, 5.74) is 2.27. The lowest BCUT2D eigenvalue weighted by Gasteiger charge is -2.23. The predicted octanol–water partition coefficient (Wildman–Crippen LogP) is 0.928. The molecule has 5 nitrogen and oxygen atoms in total. The highest BCUT2D eigenvalue weighted by atomic mass is 16.5. The molecule has 2 aliphatic rings. The molecule has 0 aromatic carbocycles. The molecule has 0 bridgehead atoms. The standard InChI is InChI=1S/C13H19N3O2/c1-4-14-7-11-12(1)15-9-16-13(11)18-8-10-2-5-17-6-3-10/h9-10,14H,1-8H2. The van der Waals surface area contributed by atoms with E-state index in [1.54, 1.807) is 6.33 Å². The van der Waals surface area contributed by atoms with Crippen molar-refractivity contribution in [3.8, 4) is 5.88 Å². The molecule has 1 N–H and O–H groups in total. The minimum Gasteiger partial charge on any atom is -0.477 e. The van der Waals surface area contributed by atoms with Crippen LogP contribution >= 0.6 is 0 Å². The van der Waals surface area contributed by atoms with Crippen LogP contribution in [-0.2, 0) is 17.7 Å². The number of nitrogens with one attached hydrogen (secondary N) is 1. The van der Waals surface area contributed by atoms with Crippen molar-refractivity contribution in [2.45, 2.75) is 25.8 Å². The molecule has 18 heavy (non-hydrogen) atoms. The third-order valence-corrected chi connectivity index (χ3v) is 3.63. The molecule has 1 fully saturated rings. The number of fused-ring (bicyclic) bond motifs is 1. The van der Waals surface area contributed by atoms with Crippen molar-refractivity contribution in [1.82, 2.24) is 15.3 Å². The largest absolute Gasteiger partial charge is 0.477 e. The fraction of sp³-hybridized carbons (Fsp3) is 0.692. The highest BCUT2D eigenvalue weighted by Gasteiger charge is 2.19. The molecular weight excluding hydrogens is 230 g/mol. The van der Waals surface area contributed by atoms with Crippen LogP contribution in [-0.4, -0.2) is 36.3 Å². The van der Waals surface area contributed by atoms with Gasteiger partial charge in [-0.15, -0.1) is 0 Å². The van der Waals surface area contributed by atoms with Gasteiger partial charge in [-0.3, -0.25) is 0 Å². The van der Waals surface area contributed by atoms with E-state index < -0.39 is 0 Å². The van der Waals surface area contributed by atoms with E-state index >= 15 is 0 Å². The Morgan fingerprint density at radius 1 is 1.33 bits per heavy atom. The van der Waals surface area contributed by atoms with Gasteiger partial charge in [-0.25, -0.2) is 9.97 Å². The Kier molecular flexibility index (Phi) is 3.71. The molecule has 0 spiro atoms. The van der Waals surface area contributed by atoms with Crippen LogP contribution in [0, 0.1) is 5.92 Å². The quantitative estimate of drug-likeness (QED) is 0.863. The summed E-state index contributed by atoms with van der Waals surface area (Å²) in [7, 11) is 0.